The molecule has 0 saturated heterocycles. The van der Waals surface area contributed by atoms with Gasteiger partial charge in [0.1, 0.15) is 6.10 Å². The third kappa shape index (κ3) is 5.49. The van der Waals surface area contributed by atoms with Crippen LogP contribution < -0.4 is 22.5 Å². The molecule has 1 rings (SSSR count). The number of aliphatic carboxylic acids is 1. The number of amides is 2. The molecule has 13 nitrogen and oxygen atoms in total. The SMILES string of the molecule is CC(=O)N[C@H]1[C@H]([C@H](OC(N)=O)[C@H](O)CO)OC(C(=O)O)=C[C@@H]1N=C(N)N. The standard InChI is InChI=1S/C13H21N5O8/c1-4(20)17-8-5(18-12(14)15)2-7(11(22)23)25-10(8)9(6(21)3-19)26-13(16)24/h2,5-6,8-10,19,21H,3H2,1H3,(H2,16,24)(H,17,20)(H,22,23)(H4,14,15,18)/t5-,6+,8+,9+,10+/m0/s1. The molecule has 0 saturated carbocycles. The Labute approximate surface area is 147 Å². The van der Waals surface area contributed by atoms with Crippen LogP contribution in [-0.4, -0.2) is 76.3 Å². The molecule has 26 heavy (non-hydrogen) atoms. The van der Waals surface area contributed by atoms with E-state index in [0.29, 0.717) is 0 Å². The molecule has 0 spiro atoms. The van der Waals surface area contributed by atoms with E-state index in [0.717, 1.165) is 13.0 Å². The number of rotatable bonds is 7. The maximum Gasteiger partial charge on any atom is 0.405 e. The molecular weight excluding hydrogens is 354 g/mol. The zero-order valence-electron chi connectivity index (χ0n) is 13.7. The van der Waals surface area contributed by atoms with Crippen LogP contribution in [0.25, 0.3) is 0 Å². The predicted octanol–water partition coefficient (Wildman–Crippen LogP) is -3.68. The molecule has 0 unspecified atom stereocenters. The maximum absolute atomic E-state index is 11.5. The zero-order valence-corrected chi connectivity index (χ0v) is 13.7. The second-order valence-electron chi connectivity index (χ2n) is 5.34. The number of nitrogens with one attached hydrogen (secondary N) is 1. The van der Waals surface area contributed by atoms with Gasteiger partial charge in [-0.15, -0.1) is 0 Å². The molecular formula is C13H21N5O8. The van der Waals surface area contributed by atoms with Crippen molar-refractivity contribution in [3.63, 3.8) is 0 Å². The van der Waals surface area contributed by atoms with Crippen LogP contribution in [0.1, 0.15) is 6.92 Å². The lowest BCUT2D eigenvalue weighted by molar-refractivity contribution is -0.145. The normalized spacial score (nSPS) is 24.3. The summed E-state index contributed by atoms with van der Waals surface area (Å²) in [5.41, 5.74) is 15.6. The van der Waals surface area contributed by atoms with Crippen molar-refractivity contribution < 1.29 is 39.2 Å². The van der Waals surface area contributed by atoms with E-state index in [1.807, 2.05) is 0 Å². The van der Waals surface area contributed by atoms with Crippen molar-refractivity contribution >= 4 is 23.9 Å². The molecule has 0 aromatic rings. The molecule has 13 heteroatoms. The number of aliphatic hydroxyl groups excluding tert-OH is 2. The summed E-state index contributed by atoms with van der Waals surface area (Å²) in [4.78, 5) is 37.8. The number of primary amides is 1. The average Bonchev–Trinajstić information content (AvgIpc) is 2.52. The van der Waals surface area contributed by atoms with Crippen molar-refractivity contribution in [3.05, 3.63) is 11.8 Å². The van der Waals surface area contributed by atoms with Crippen molar-refractivity contribution in [3.8, 4) is 0 Å². The predicted molar refractivity (Wildman–Crippen MR) is 85.3 cm³/mol. The Bertz CT molecular complexity index is 618. The third-order valence-electron chi connectivity index (χ3n) is 3.33. The summed E-state index contributed by atoms with van der Waals surface area (Å²) in [6.07, 6.45) is -5.09. The van der Waals surface area contributed by atoms with Crippen molar-refractivity contribution in [2.24, 2.45) is 22.2 Å². The molecule has 0 radical (unpaired) electrons. The Balaban J connectivity index is 3.43. The van der Waals surface area contributed by atoms with Crippen LogP contribution in [0, 0.1) is 0 Å². The maximum atomic E-state index is 11.5. The molecule has 1 aliphatic rings. The fraction of sp³-hybridized carbons (Fsp3) is 0.538. The van der Waals surface area contributed by atoms with Crippen LogP contribution in [0.3, 0.4) is 0 Å². The van der Waals surface area contributed by atoms with Crippen molar-refractivity contribution in [2.45, 2.75) is 37.3 Å². The first-order valence-electron chi connectivity index (χ1n) is 7.29. The van der Waals surface area contributed by atoms with E-state index in [1.54, 1.807) is 0 Å². The van der Waals surface area contributed by atoms with Gasteiger partial charge in [-0.25, -0.2) is 14.6 Å². The summed E-state index contributed by atoms with van der Waals surface area (Å²) in [6, 6.07) is -2.28. The fourth-order valence-electron chi connectivity index (χ4n) is 2.40. The smallest absolute Gasteiger partial charge is 0.405 e. The van der Waals surface area contributed by atoms with E-state index in [1.165, 1.54) is 0 Å². The number of nitrogens with two attached hydrogens (primary N) is 3. The summed E-state index contributed by atoms with van der Waals surface area (Å²) < 4.78 is 10.0. The summed E-state index contributed by atoms with van der Waals surface area (Å²) in [7, 11) is 0. The van der Waals surface area contributed by atoms with E-state index in [9.17, 15) is 29.7 Å². The highest BCUT2D eigenvalue weighted by atomic mass is 16.6. The number of aliphatic hydroxyl groups is 2. The first-order chi connectivity index (χ1) is 12.1. The van der Waals surface area contributed by atoms with Gasteiger partial charge >= 0.3 is 12.1 Å². The van der Waals surface area contributed by atoms with Crippen LogP contribution in [-0.2, 0) is 19.1 Å². The Hall–Kier alpha value is -3.06. The summed E-state index contributed by atoms with van der Waals surface area (Å²) in [5, 5.41) is 30.8. The van der Waals surface area contributed by atoms with Crippen LogP contribution in [0.4, 0.5) is 4.79 Å². The van der Waals surface area contributed by atoms with E-state index in [4.69, 9.17) is 26.7 Å². The monoisotopic (exact) mass is 375 g/mol. The number of aliphatic imine (C=N–C) groups is 1. The first-order valence-corrected chi connectivity index (χ1v) is 7.29. The van der Waals surface area contributed by atoms with Crippen molar-refractivity contribution in [1.29, 1.82) is 0 Å². The first kappa shape index (κ1) is 21.0. The van der Waals surface area contributed by atoms with Gasteiger partial charge in [0, 0.05) is 6.92 Å². The molecule has 1 aliphatic heterocycles. The molecule has 146 valence electrons. The van der Waals surface area contributed by atoms with E-state index >= 15 is 0 Å². The third-order valence-corrected chi connectivity index (χ3v) is 3.33. The Morgan fingerprint density at radius 1 is 1.38 bits per heavy atom. The number of hydrogen-bond acceptors (Lipinski definition) is 8. The molecule has 1 heterocycles. The van der Waals surface area contributed by atoms with Crippen LogP contribution in [0.5, 0.6) is 0 Å². The molecule has 0 aromatic heterocycles. The molecule has 0 aliphatic carbocycles. The van der Waals surface area contributed by atoms with Gasteiger partial charge in [-0.1, -0.05) is 0 Å². The van der Waals surface area contributed by atoms with Gasteiger partial charge in [-0.05, 0) is 6.08 Å². The number of guanidine groups is 1. The van der Waals surface area contributed by atoms with Gasteiger partial charge in [0.2, 0.25) is 11.7 Å². The summed E-state index contributed by atoms with van der Waals surface area (Å²) in [6.45, 7) is 0.288. The molecule has 10 N–H and O–H groups in total. The summed E-state index contributed by atoms with van der Waals surface area (Å²) >= 11 is 0. The lowest BCUT2D eigenvalue weighted by Crippen LogP contribution is -2.61. The Morgan fingerprint density at radius 3 is 2.42 bits per heavy atom. The van der Waals surface area contributed by atoms with E-state index in [2.05, 4.69) is 10.3 Å². The molecule has 0 bridgehead atoms. The number of ether oxygens (including phenoxy) is 2. The van der Waals surface area contributed by atoms with E-state index in [-0.39, 0.29) is 0 Å². The number of nitrogens with zero attached hydrogens (tertiary/aromatic N) is 1. The highest BCUT2D eigenvalue weighted by Crippen LogP contribution is 2.26. The number of carbonyl (C=O) groups is 3. The zero-order chi connectivity index (χ0) is 20.0. The second kappa shape index (κ2) is 8.87. The Morgan fingerprint density at radius 2 is 2.00 bits per heavy atom. The summed E-state index contributed by atoms with van der Waals surface area (Å²) in [5.74, 6) is -3.09. The van der Waals surface area contributed by atoms with Gasteiger partial charge in [0.25, 0.3) is 0 Å². The lowest BCUT2D eigenvalue weighted by atomic mass is 9.92. The molecule has 2 amide bonds. The minimum Gasteiger partial charge on any atom is -0.477 e. The van der Waals surface area contributed by atoms with Crippen LogP contribution in [0.15, 0.2) is 16.8 Å². The van der Waals surface area contributed by atoms with Gasteiger partial charge < -0.3 is 47.3 Å². The topological polar surface area (TPSA) is 233 Å². The van der Waals surface area contributed by atoms with E-state index < -0.39 is 66.7 Å². The van der Waals surface area contributed by atoms with Crippen molar-refractivity contribution in [2.75, 3.05) is 6.61 Å². The fourth-order valence-corrected chi connectivity index (χ4v) is 2.40. The number of carbonyl (C=O) groups excluding carboxylic acids is 2. The average molecular weight is 375 g/mol. The highest BCUT2D eigenvalue weighted by Gasteiger charge is 2.46. The minimum absolute atomic E-state index is 0.415. The Kier molecular flexibility index (Phi) is 7.16. The number of carboxylic acid groups (broad SMARTS) is 1. The van der Waals surface area contributed by atoms with Gasteiger partial charge in [0.15, 0.2) is 18.2 Å². The quantitative estimate of drug-likeness (QED) is 0.170. The molecule has 5 atom stereocenters. The van der Waals surface area contributed by atoms with Gasteiger partial charge in [-0.2, -0.15) is 0 Å². The van der Waals surface area contributed by atoms with Gasteiger partial charge in [-0.3, -0.25) is 4.79 Å². The number of carboxylic acids is 1. The van der Waals surface area contributed by atoms with Crippen molar-refractivity contribution in [1.82, 2.24) is 5.32 Å². The lowest BCUT2D eigenvalue weighted by Gasteiger charge is -2.39. The molecule has 0 fully saturated rings. The largest absolute Gasteiger partial charge is 0.477 e. The minimum atomic E-state index is -1.70. The van der Waals surface area contributed by atoms with Crippen LogP contribution in [0.2, 0.25) is 0 Å². The van der Waals surface area contributed by atoms with Crippen LogP contribution >= 0.6 is 0 Å². The number of hydrogen-bond donors (Lipinski definition) is 7. The van der Waals surface area contributed by atoms with Gasteiger partial charge in [0.05, 0.1) is 18.7 Å². The molecule has 0 aromatic carbocycles. The highest BCUT2D eigenvalue weighted by molar-refractivity contribution is 5.85. The second-order valence-corrected chi connectivity index (χ2v) is 5.34.